The number of ether oxygens (including phenoxy) is 1. The van der Waals surface area contributed by atoms with Crippen LogP contribution in [0.1, 0.15) is 43.1 Å². The predicted octanol–water partition coefficient (Wildman–Crippen LogP) is 1.60. The van der Waals surface area contributed by atoms with Gasteiger partial charge in [-0.2, -0.15) is 5.10 Å². The molecule has 0 radical (unpaired) electrons. The molecule has 4 rings (SSSR count). The number of likely N-dealkylation sites (tertiary alicyclic amines) is 1. The van der Waals surface area contributed by atoms with Crippen molar-refractivity contribution in [2.45, 2.75) is 44.7 Å². The van der Waals surface area contributed by atoms with E-state index >= 15 is 0 Å². The third kappa shape index (κ3) is 3.02. The van der Waals surface area contributed by atoms with Gasteiger partial charge in [0.15, 0.2) is 0 Å². The van der Waals surface area contributed by atoms with Crippen LogP contribution in [0.4, 0.5) is 0 Å². The molecule has 1 unspecified atom stereocenters. The molecule has 138 valence electrons. The van der Waals surface area contributed by atoms with Crippen LogP contribution in [0.5, 0.6) is 5.75 Å². The quantitative estimate of drug-likeness (QED) is 0.834. The molecule has 0 saturated carbocycles. The summed E-state index contributed by atoms with van der Waals surface area (Å²) < 4.78 is 8.35. The highest BCUT2D eigenvalue weighted by molar-refractivity contribution is 5.80. The molecule has 0 aliphatic carbocycles. The number of benzene rings is 1. The van der Waals surface area contributed by atoms with Gasteiger partial charge in [0, 0.05) is 19.5 Å². The van der Waals surface area contributed by atoms with E-state index < -0.39 is 6.04 Å². The number of aryl methyl sites for hydroxylation is 1. The molecule has 2 aliphatic heterocycles. The molecule has 1 fully saturated rings. The second-order valence-electron chi connectivity index (χ2n) is 7.02. The monoisotopic (exact) mass is 356 g/mol. The summed E-state index contributed by atoms with van der Waals surface area (Å²) in [5.74, 6) is 1.55. The van der Waals surface area contributed by atoms with Crippen LogP contribution in [0.15, 0.2) is 29.1 Å². The summed E-state index contributed by atoms with van der Waals surface area (Å²) in [5.41, 5.74) is 0.754. The summed E-state index contributed by atoms with van der Waals surface area (Å²) in [4.78, 5) is 27.7. The zero-order valence-electron chi connectivity index (χ0n) is 15.1. The van der Waals surface area contributed by atoms with Crippen molar-refractivity contribution < 1.29 is 9.53 Å². The zero-order chi connectivity index (χ0) is 18.1. The Balaban J connectivity index is 1.63. The number of rotatable bonds is 4. The number of hydrogen-bond donors (Lipinski definition) is 0. The first kappa shape index (κ1) is 16.9. The number of nitrogens with zero attached hydrogens (tertiary/aromatic N) is 4. The minimum Gasteiger partial charge on any atom is -0.497 e. The van der Waals surface area contributed by atoms with Crippen molar-refractivity contribution in [1.29, 1.82) is 0 Å². The zero-order valence-corrected chi connectivity index (χ0v) is 15.1. The molecule has 1 amide bonds. The lowest BCUT2D eigenvalue weighted by Crippen LogP contribution is -2.41. The molecule has 1 atom stereocenters. The lowest BCUT2D eigenvalue weighted by molar-refractivity contribution is -0.134. The molecule has 7 heteroatoms. The number of fused-ring (bicyclic) bond motifs is 1. The van der Waals surface area contributed by atoms with Crippen molar-refractivity contribution in [2.75, 3.05) is 20.2 Å². The van der Waals surface area contributed by atoms with Crippen molar-refractivity contribution in [2.24, 2.45) is 0 Å². The summed E-state index contributed by atoms with van der Waals surface area (Å²) in [7, 11) is 1.62. The molecule has 2 aliphatic rings. The maximum Gasteiger partial charge on any atom is 0.346 e. The molecule has 2 aromatic rings. The van der Waals surface area contributed by atoms with E-state index in [1.54, 1.807) is 11.7 Å². The van der Waals surface area contributed by atoms with Gasteiger partial charge in [0.25, 0.3) is 0 Å². The molecule has 1 aromatic carbocycles. The Labute approximate surface area is 152 Å². The second kappa shape index (κ2) is 6.97. The van der Waals surface area contributed by atoms with Gasteiger partial charge in [0.05, 0.1) is 13.7 Å². The van der Waals surface area contributed by atoms with Crippen LogP contribution in [0.25, 0.3) is 0 Å². The van der Waals surface area contributed by atoms with Crippen LogP contribution in [-0.2, 0) is 17.8 Å². The maximum atomic E-state index is 13.0. The Hall–Kier alpha value is -2.57. The van der Waals surface area contributed by atoms with Gasteiger partial charge >= 0.3 is 5.69 Å². The number of amides is 1. The first-order valence-corrected chi connectivity index (χ1v) is 9.27. The summed E-state index contributed by atoms with van der Waals surface area (Å²) >= 11 is 0. The maximum absolute atomic E-state index is 13.0. The van der Waals surface area contributed by atoms with Crippen LogP contribution in [0.2, 0.25) is 0 Å². The Morgan fingerprint density at radius 1 is 1.27 bits per heavy atom. The molecule has 0 spiro atoms. The molecule has 26 heavy (non-hydrogen) atoms. The van der Waals surface area contributed by atoms with Crippen molar-refractivity contribution in [3.05, 3.63) is 46.1 Å². The minimum absolute atomic E-state index is 0.0754. The molecule has 3 heterocycles. The van der Waals surface area contributed by atoms with E-state index in [9.17, 15) is 9.59 Å². The third-order valence-electron chi connectivity index (χ3n) is 5.30. The smallest absolute Gasteiger partial charge is 0.346 e. The van der Waals surface area contributed by atoms with E-state index in [1.807, 2.05) is 29.2 Å². The van der Waals surface area contributed by atoms with E-state index in [-0.39, 0.29) is 11.6 Å². The van der Waals surface area contributed by atoms with E-state index in [2.05, 4.69) is 5.10 Å². The van der Waals surface area contributed by atoms with Crippen molar-refractivity contribution in [3.63, 3.8) is 0 Å². The van der Waals surface area contributed by atoms with Gasteiger partial charge in [0.1, 0.15) is 17.6 Å². The molecular formula is C19H24N4O3. The van der Waals surface area contributed by atoms with E-state index in [4.69, 9.17) is 4.74 Å². The molecule has 0 N–H and O–H groups in total. The highest BCUT2D eigenvalue weighted by Crippen LogP contribution is 2.25. The van der Waals surface area contributed by atoms with E-state index in [0.717, 1.165) is 55.9 Å². The van der Waals surface area contributed by atoms with Crippen LogP contribution in [0, 0.1) is 0 Å². The summed E-state index contributed by atoms with van der Waals surface area (Å²) in [6.07, 6.45) is 4.45. The topological polar surface area (TPSA) is 69.4 Å². The van der Waals surface area contributed by atoms with Gasteiger partial charge in [0.2, 0.25) is 5.91 Å². The van der Waals surface area contributed by atoms with Crippen LogP contribution in [-0.4, -0.2) is 45.4 Å². The minimum atomic E-state index is -0.400. The van der Waals surface area contributed by atoms with Gasteiger partial charge < -0.3 is 9.64 Å². The van der Waals surface area contributed by atoms with Gasteiger partial charge in [-0.3, -0.25) is 9.36 Å². The normalized spacial score (nSPS) is 19.4. The average molecular weight is 356 g/mol. The van der Waals surface area contributed by atoms with E-state index in [0.29, 0.717) is 13.0 Å². The van der Waals surface area contributed by atoms with Crippen molar-refractivity contribution in [3.8, 4) is 5.75 Å². The lowest BCUT2D eigenvalue weighted by Gasteiger charge is -2.27. The molecule has 0 bridgehead atoms. The predicted molar refractivity (Wildman–Crippen MR) is 96.4 cm³/mol. The number of aromatic nitrogens is 3. The van der Waals surface area contributed by atoms with Gasteiger partial charge in [-0.05, 0) is 43.4 Å². The summed E-state index contributed by atoms with van der Waals surface area (Å²) in [5, 5.41) is 4.52. The fourth-order valence-corrected chi connectivity index (χ4v) is 3.96. The first-order valence-electron chi connectivity index (χ1n) is 9.27. The highest BCUT2D eigenvalue weighted by Gasteiger charge is 2.34. The van der Waals surface area contributed by atoms with Crippen LogP contribution >= 0.6 is 0 Å². The Morgan fingerprint density at radius 2 is 2.08 bits per heavy atom. The summed E-state index contributed by atoms with van der Waals surface area (Å²) in [6.45, 7) is 1.98. The first-order chi connectivity index (χ1) is 12.7. The van der Waals surface area contributed by atoms with Gasteiger partial charge in [-0.25, -0.2) is 9.48 Å². The van der Waals surface area contributed by atoms with Crippen molar-refractivity contribution in [1.82, 2.24) is 19.2 Å². The Kier molecular flexibility index (Phi) is 4.53. The summed E-state index contributed by atoms with van der Waals surface area (Å²) in [6, 6.07) is 7.21. The SMILES string of the molecule is COc1cccc(Cn2nc3n(c2=O)C(C(=O)N2CCCC2)CCC3)c1. The third-order valence-corrected chi connectivity index (χ3v) is 5.30. The largest absolute Gasteiger partial charge is 0.497 e. The van der Waals surface area contributed by atoms with Crippen molar-refractivity contribution >= 4 is 5.91 Å². The van der Waals surface area contributed by atoms with E-state index in [1.165, 1.54) is 4.68 Å². The van der Waals surface area contributed by atoms with Gasteiger partial charge in [-0.1, -0.05) is 12.1 Å². The lowest BCUT2D eigenvalue weighted by atomic mass is 10.0. The fourth-order valence-electron chi connectivity index (χ4n) is 3.96. The molecular weight excluding hydrogens is 332 g/mol. The Bertz CT molecular complexity index is 864. The molecule has 7 nitrogen and oxygen atoms in total. The molecule has 1 aromatic heterocycles. The standard InChI is InChI=1S/C19H24N4O3/c1-26-15-7-4-6-14(12-15)13-22-19(25)23-16(8-5-9-17(23)20-22)18(24)21-10-2-3-11-21/h4,6-7,12,16H,2-3,5,8-11,13H2,1H3. The number of methoxy groups -OCH3 is 1. The van der Waals surface area contributed by atoms with Crippen LogP contribution in [0.3, 0.4) is 0 Å². The average Bonchev–Trinajstić information content (AvgIpc) is 3.30. The molecule has 1 saturated heterocycles. The fraction of sp³-hybridized carbons (Fsp3) is 0.526. The Morgan fingerprint density at radius 3 is 2.85 bits per heavy atom. The number of carbonyl (C=O) groups is 1. The highest BCUT2D eigenvalue weighted by atomic mass is 16.5. The van der Waals surface area contributed by atoms with Gasteiger partial charge in [-0.15, -0.1) is 0 Å². The second-order valence-corrected chi connectivity index (χ2v) is 7.02. The number of carbonyl (C=O) groups excluding carboxylic acids is 1. The number of hydrogen-bond acceptors (Lipinski definition) is 4. The van der Waals surface area contributed by atoms with Crippen LogP contribution < -0.4 is 10.4 Å².